The molecule has 100 valence electrons. The van der Waals surface area contributed by atoms with E-state index in [-0.39, 0.29) is 18.9 Å². The highest BCUT2D eigenvalue weighted by Gasteiger charge is 2.27. The summed E-state index contributed by atoms with van der Waals surface area (Å²) in [6.07, 6.45) is -1.25. The maximum Gasteiger partial charge on any atom is 0.411 e. The summed E-state index contributed by atoms with van der Waals surface area (Å²) in [5.74, 6) is -0.360. The summed E-state index contributed by atoms with van der Waals surface area (Å²) in [4.78, 5) is 15.1. The molecule has 0 aliphatic heterocycles. The van der Waals surface area contributed by atoms with Crippen molar-refractivity contribution in [2.24, 2.45) is 0 Å². The van der Waals surface area contributed by atoms with Gasteiger partial charge in [0.05, 0.1) is 6.61 Å². The molecule has 0 spiro atoms. The smallest absolute Gasteiger partial charge is 0.372 e. The van der Waals surface area contributed by atoms with Crippen LogP contribution in [0, 0.1) is 0 Å². The van der Waals surface area contributed by atoms with Gasteiger partial charge in [0.1, 0.15) is 6.61 Å². The molecule has 1 aromatic heterocycles. The molecule has 4 nitrogen and oxygen atoms in total. The largest absolute Gasteiger partial charge is 0.411 e. The molecule has 0 unspecified atom stereocenters. The molecule has 0 radical (unpaired) electrons. The van der Waals surface area contributed by atoms with Crippen LogP contribution < -0.4 is 5.32 Å². The normalized spacial score (nSPS) is 11.3. The highest BCUT2D eigenvalue weighted by molar-refractivity contribution is 5.75. The molecular formula is C11H13F3N2O2. The molecule has 18 heavy (non-hydrogen) atoms. The standard InChI is InChI=1S/C11H13F3N2O2/c12-11(13,14)8-18-5-3-10(17)16-7-9-2-1-4-15-6-9/h1-2,4,6H,3,5,7-8H2,(H,16,17). The van der Waals surface area contributed by atoms with E-state index in [2.05, 4.69) is 15.0 Å². The average Bonchev–Trinajstić information content (AvgIpc) is 2.32. The third kappa shape index (κ3) is 6.85. The van der Waals surface area contributed by atoms with Gasteiger partial charge in [-0.25, -0.2) is 0 Å². The summed E-state index contributed by atoms with van der Waals surface area (Å²) in [6, 6.07) is 3.52. The van der Waals surface area contributed by atoms with Crippen molar-refractivity contribution >= 4 is 5.91 Å². The average molecular weight is 262 g/mol. The second-order valence-corrected chi connectivity index (χ2v) is 3.56. The maximum absolute atomic E-state index is 11.7. The molecule has 1 amide bonds. The molecule has 7 heteroatoms. The van der Waals surface area contributed by atoms with Crippen LogP contribution in [0.25, 0.3) is 0 Å². The number of ether oxygens (including phenoxy) is 1. The molecule has 1 aromatic rings. The zero-order chi connectivity index (χ0) is 13.4. The first-order valence-corrected chi connectivity index (χ1v) is 5.27. The summed E-state index contributed by atoms with van der Waals surface area (Å²) < 4.78 is 39.5. The topological polar surface area (TPSA) is 51.2 Å². The minimum atomic E-state index is -4.35. The van der Waals surface area contributed by atoms with E-state index in [1.165, 1.54) is 0 Å². The Kier molecular flexibility index (Phi) is 5.57. The summed E-state index contributed by atoms with van der Waals surface area (Å²) in [5.41, 5.74) is 0.821. The summed E-state index contributed by atoms with van der Waals surface area (Å²) in [7, 11) is 0. The Bertz CT molecular complexity index is 368. The number of amides is 1. The first-order valence-electron chi connectivity index (χ1n) is 5.27. The highest BCUT2D eigenvalue weighted by atomic mass is 19.4. The van der Waals surface area contributed by atoms with Crippen molar-refractivity contribution in [3.05, 3.63) is 30.1 Å². The lowest BCUT2D eigenvalue weighted by Gasteiger charge is -2.08. The van der Waals surface area contributed by atoms with Gasteiger partial charge in [-0.2, -0.15) is 13.2 Å². The Morgan fingerprint density at radius 1 is 1.44 bits per heavy atom. The fraction of sp³-hybridized carbons (Fsp3) is 0.455. The predicted molar refractivity (Wildman–Crippen MR) is 57.6 cm³/mol. The number of hydrogen-bond donors (Lipinski definition) is 1. The number of nitrogens with one attached hydrogen (secondary N) is 1. The molecule has 0 fully saturated rings. The SMILES string of the molecule is O=C(CCOCC(F)(F)F)NCc1cccnc1. The summed E-state index contributed by atoms with van der Waals surface area (Å²) >= 11 is 0. The number of nitrogens with zero attached hydrogens (tertiary/aromatic N) is 1. The third-order valence-electron chi connectivity index (χ3n) is 1.95. The van der Waals surface area contributed by atoms with E-state index < -0.39 is 12.8 Å². The minimum Gasteiger partial charge on any atom is -0.372 e. The van der Waals surface area contributed by atoms with Crippen molar-refractivity contribution < 1.29 is 22.7 Å². The molecule has 0 bridgehead atoms. The van der Waals surface area contributed by atoms with Crippen LogP contribution >= 0.6 is 0 Å². The highest BCUT2D eigenvalue weighted by Crippen LogP contribution is 2.14. The van der Waals surface area contributed by atoms with E-state index in [4.69, 9.17) is 0 Å². The molecule has 1 heterocycles. The molecule has 0 aliphatic rings. The monoisotopic (exact) mass is 262 g/mol. The van der Waals surface area contributed by atoms with Crippen molar-refractivity contribution in [1.82, 2.24) is 10.3 Å². The van der Waals surface area contributed by atoms with Crippen LogP contribution in [0.1, 0.15) is 12.0 Å². The number of hydrogen-bond acceptors (Lipinski definition) is 3. The van der Waals surface area contributed by atoms with Crippen molar-refractivity contribution in [2.75, 3.05) is 13.2 Å². The van der Waals surface area contributed by atoms with Crippen LogP contribution in [0.5, 0.6) is 0 Å². The van der Waals surface area contributed by atoms with Gasteiger partial charge in [0.2, 0.25) is 5.91 Å². The maximum atomic E-state index is 11.7. The quantitative estimate of drug-likeness (QED) is 0.793. The van der Waals surface area contributed by atoms with E-state index in [1.54, 1.807) is 24.5 Å². The second-order valence-electron chi connectivity index (χ2n) is 3.56. The van der Waals surface area contributed by atoms with Gasteiger partial charge >= 0.3 is 6.18 Å². The van der Waals surface area contributed by atoms with E-state index in [0.717, 1.165) is 5.56 Å². The molecule has 1 N–H and O–H groups in total. The first-order chi connectivity index (χ1) is 8.47. The van der Waals surface area contributed by atoms with Gasteiger partial charge in [-0.3, -0.25) is 9.78 Å². The van der Waals surface area contributed by atoms with Crippen LogP contribution in [0.2, 0.25) is 0 Å². The summed E-state index contributed by atoms with van der Waals surface area (Å²) in [6.45, 7) is -1.28. The number of pyridine rings is 1. The zero-order valence-corrected chi connectivity index (χ0v) is 9.54. The third-order valence-corrected chi connectivity index (χ3v) is 1.95. The molecule has 0 atom stereocenters. The van der Waals surface area contributed by atoms with Gasteiger partial charge in [-0.1, -0.05) is 6.07 Å². The lowest BCUT2D eigenvalue weighted by molar-refractivity contribution is -0.174. The Labute approximate surface area is 102 Å². The molecule has 0 aliphatic carbocycles. The van der Waals surface area contributed by atoms with Gasteiger partial charge in [0.25, 0.3) is 0 Å². The number of carbonyl (C=O) groups excluding carboxylic acids is 1. The fourth-order valence-electron chi connectivity index (χ4n) is 1.14. The number of rotatable bonds is 6. The lowest BCUT2D eigenvalue weighted by Crippen LogP contribution is -2.25. The molecular weight excluding hydrogens is 249 g/mol. The van der Waals surface area contributed by atoms with Gasteiger partial charge in [-0.15, -0.1) is 0 Å². The van der Waals surface area contributed by atoms with Crippen LogP contribution in [0.15, 0.2) is 24.5 Å². The van der Waals surface area contributed by atoms with Crippen molar-refractivity contribution in [3.8, 4) is 0 Å². The van der Waals surface area contributed by atoms with Gasteiger partial charge in [-0.05, 0) is 11.6 Å². The van der Waals surface area contributed by atoms with Gasteiger partial charge in [0, 0.05) is 25.4 Å². The predicted octanol–water partition coefficient (Wildman–Crippen LogP) is 1.67. The van der Waals surface area contributed by atoms with Crippen LogP contribution in [-0.4, -0.2) is 30.3 Å². The number of carbonyl (C=O) groups is 1. The molecule has 0 saturated heterocycles. The van der Waals surface area contributed by atoms with Crippen molar-refractivity contribution in [1.29, 1.82) is 0 Å². The van der Waals surface area contributed by atoms with E-state index in [1.807, 2.05) is 0 Å². The van der Waals surface area contributed by atoms with Crippen molar-refractivity contribution in [2.45, 2.75) is 19.1 Å². The van der Waals surface area contributed by atoms with Crippen LogP contribution in [0.4, 0.5) is 13.2 Å². The Balaban J connectivity index is 2.11. The fourth-order valence-corrected chi connectivity index (χ4v) is 1.14. The Morgan fingerprint density at radius 3 is 2.83 bits per heavy atom. The second kappa shape index (κ2) is 6.95. The van der Waals surface area contributed by atoms with Crippen LogP contribution in [0.3, 0.4) is 0 Å². The van der Waals surface area contributed by atoms with Crippen LogP contribution in [-0.2, 0) is 16.1 Å². The van der Waals surface area contributed by atoms with Gasteiger partial charge < -0.3 is 10.1 Å². The molecule has 0 aromatic carbocycles. The molecule has 1 rings (SSSR count). The van der Waals surface area contributed by atoms with Crippen molar-refractivity contribution in [3.63, 3.8) is 0 Å². The zero-order valence-electron chi connectivity index (χ0n) is 9.54. The molecule has 0 saturated carbocycles. The Morgan fingerprint density at radius 2 is 2.22 bits per heavy atom. The minimum absolute atomic E-state index is 0.101. The van der Waals surface area contributed by atoms with E-state index in [0.29, 0.717) is 6.54 Å². The van der Waals surface area contributed by atoms with E-state index in [9.17, 15) is 18.0 Å². The Hall–Kier alpha value is -1.63. The van der Waals surface area contributed by atoms with Gasteiger partial charge in [0.15, 0.2) is 0 Å². The number of aromatic nitrogens is 1. The first kappa shape index (κ1) is 14.4. The van der Waals surface area contributed by atoms with E-state index >= 15 is 0 Å². The summed E-state index contributed by atoms with van der Waals surface area (Å²) in [5, 5.41) is 2.56. The number of alkyl halides is 3. The lowest BCUT2D eigenvalue weighted by atomic mass is 10.3. The number of halogens is 3.